The molecule has 0 spiro atoms. The van der Waals surface area contributed by atoms with Gasteiger partial charge >= 0.3 is 0 Å². The maximum Gasteiger partial charge on any atom is 0.245 e. The van der Waals surface area contributed by atoms with Crippen molar-refractivity contribution in [1.82, 2.24) is 15.2 Å². The van der Waals surface area contributed by atoms with Crippen LogP contribution in [-0.2, 0) is 0 Å². The van der Waals surface area contributed by atoms with E-state index in [2.05, 4.69) is 27.0 Å². The number of aromatic amines is 1. The van der Waals surface area contributed by atoms with Gasteiger partial charge in [0.1, 0.15) is 10.6 Å². The second-order valence-electron chi connectivity index (χ2n) is 5.84. The molecule has 3 rings (SSSR count). The van der Waals surface area contributed by atoms with E-state index in [1.165, 1.54) is 0 Å². The number of ether oxygens (including phenoxy) is 1. The van der Waals surface area contributed by atoms with E-state index in [0.717, 1.165) is 48.3 Å². The first-order valence-corrected chi connectivity index (χ1v) is 8.02. The van der Waals surface area contributed by atoms with Gasteiger partial charge in [-0.2, -0.15) is 4.98 Å². The van der Waals surface area contributed by atoms with Crippen LogP contribution in [0.2, 0.25) is 0 Å². The van der Waals surface area contributed by atoms with E-state index in [1.54, 1.807) is 18.4 Å². The number of nitrogens with zero attached hydrogens (tertiary/aromatic N) is 3. The highest BCUT2D eigenvalue weighted by atomic mass is 32.1. The lowest BCUT2D eigenvalue weighted by Crippen LogP contribution is -2.46. The van der Waals surface area contributed by atoms with Crippen LogP contribution in [0.5, 0.6) is 5.75 Å². The summed E-state index contributed by atoms with van der Waals surface area (Å²) in [5.74, 6) is 2.34. The molecule has 3 N–H and O–H groups in total. The molecule has 2 aromatic rings. The second kappa shape index (κ2) is 5.65. The molecule has 0 aliphatic carbocycles. The summed E-state index contributed by atoms with van der Waals surface area (Å²) in [6.45, 7) is 4.81. The quantitative estimate of drug-likeness (QED) is 0.904. The van der Waals surface area contributed by atoms with Crippen molar-refractivity contribution in [2.75, 3.05) is 31.6 Å². The van der Waals surface area contributed by atoms with Crippen LogP contribution in [-0.4, -0.2) is 41.9 Å². The Hall–Kier alpha value is -1.60. The van der Waals surface area contributed by atoms with E-state index in [0.29, 0.717) is 6.54 Å². The number of aromatic nitrogens is 3. The van der Waals surface area contributed by atoms with E-state index in [-0.39, 0.29) is 5.41 Å². The van der Waals surface area contributed by atoms with Crippen molar-refractivity contribution in [3.8, 4) is 16.5 Å². The van der Waals surface area contributed by atoms with Gasteiger partial charge in [-0.3, -0.25) is 5.10 Å². The molecule has 1 atom stereocenters. The van der Waals surface area contributed by atoms with Gasteiger partial charge in [-0.15, -0.1) is 16.4 Å². The van der Waals surface area contributed by atoms with Crippen molar-refractivity contribution in [3.05, 3.63) is 11.4 Å². The summed E-state index contributed by atoms with van der Waals surface area (Å²) in [6, 6.07) is 1.94. The molecular weight excluding hydrogens is 286 g/mol. The predicted octanol–water partition coefficient (Wildman–Crippen LogP) is 2.11. The Kier molecular flexibility index (Phi) is 3.86. The number of hydrogen-bond donors (Lipinski definition) is 2. The molecule has 0 radical (unpaired) electrons. The number of hydrogen-bond acceptors (Lipinski definition) is 6. The molecule has 1 unspecified atom stereocenters. The van der Waals surface area contributed by atoms with Gasteiger partial charge in [0.05, 0.1) is 7.11 Å². The minimum Gasteiger partial charge on any atom is -0.495 e. The largest absolute Gasteiger partial charge is 0.495 e. The first-order chi connectivity index (χ1) is 10.1. The van der Waals surface area contributed by atoms with Crippen LogP contribution in [0.25, 0.3) is 10.7 Å². The number of nitrogens with one attached hydrogen (secondary N) is 1. The van der Waals surface area contributed by atoms with E-state index < -0.39 is 0 Å². The molecule has 0 amide bonds. The monoisotopic (exact) mass is 307 g/mol. The number of H-pyrrole nitrogens is 1. The SMILES string of the molecule is COc1ccsc1-c1nc(N2CCCC(C)(CN)C2)n[nH]1. The van der Waals surface area contributed by atoms with Gasteiger partial charge < -0.3 is 15.4 Å². The maximum absolute atomic E-state index is 5.91. The third-order valence-electron chi connectivity index (χ3n) is 4.09. The molecule has 1 fully saturated rings. The third kappa shape index (κ3) is 2.75. The molecule has 0 aromatic carbocycles. The Labute approximate surface area is 128 Å². The Morgan fingerprint density at radius 2 is 2.43 bits per heavy atom. The number of nitrogens with two attached hydrogens (primary N) is 1. The number of methoxy groups -OCH3 is 1. The Bertz CT molecular complexity index is 610. The molecule has 2 aromatic heterocycles. The van der Waals surface area contributed by atoms with E-state index in [9.17, 15) is 0 Å². The van der Waals surface area contributed by atoms with Crippen LogP contribution >= 0.6 is 11.3 Å². The summed E-state index contributed by atoms with van der Waals surface area (Å²) in [5.41, 5.74) is 6.06. The first-order valence-electron chi connectivity index (χ1n) is 7.14. The van der Waals surface area contributed by atoms with E-state index in [1.807, 2.05) is 11.4 Å². The summed E-state index contributed by atoms with van der Waals surface area (Å²) in [6.07, 6.45) is 2.29. The summed E-state index contributed by atoms with van der Waals surface area (Å²) in [5, 5.41) is 9.38. The van der Waals surface area contributed by atoms with Gasteiger partial charge in [0.25, 0.3) is 0 Å². The zero-order valence-corrected chi connectivity index (χ0v) is 13.2. The molecule has 1 saturated heterocycles. The Balaban J connectivity index is 1.82. The van der Waals surface area contributed by atoms with Crippen LogP contribution in [0.15, 0.2) is 11.4 Å². The summed E-state index contributed by atoms with van der Waals surface area (Å²) in [7, 11) is 1.67. The number of rotatable bonds is 4. The molecule has 7 heteroatoms. The van der Waals surface area contributed by atoms with Crippen molar-refractivity contribution < 1.29 is 4.74 Å². The van der Waals surface area contributed by atoms with Gasteiger partial charge in [0.2, 0.25) is 5.95 Å². The normalized spacial score (nSPS) is 22.5. The fraction of sp³-hybridized carbons (Fsp3) is 0.571. The van der Waals surface area contributed by atoms with Gasteiger partial charge in [0, 0.05) is 13.1 Å². The van der Waals surface area contributed by atoms with Crippen LogP contribution in [0.4, 0.5) is 5.95 Å². The average molecular weight is 307 g/mol. The zero-order valence-electron chi connectivity index (χ0n) is 12.4. The molecule has 21 heavy (non-hydrogen) atoms. The molecule has 0 bridgehead atoms. The van der Waals surface area contributed by atoms with Crippen molar-refractivity contribution in [2.24, 2.45) is 11.1 Å². The highest BCUT2D eigenvalue weighted by molar-refractivity contribution is 7.13. The van der Waals surface area contributed by atoms with Crippen molar-refractivity contribution >= 4 is 17.3 Å². The summed E-state index contributed by atoms with van der Waals surface area (Å²) < 4.78 is 5.34. The van der Waals surface area contributed by atoms with E-state index >= 15 is 0 Å². The molecule has 0 saturated carbocycles. The summed E-state index contributed by atoms with van der Waals surface area (Å²) >= 11 is 1.59. The molecule has 1 aliphatic rings. The minimum atomic E-state index is 0.152. The number of piperidine rings is 1. The van der Waals surface area contributed by atoms with Crippen LogP contribution in [0.3, 0.4) is 0 Å². The molecule has 3 heterocycles. The lowest BCUT2D eigenvalue weighted by atomic mass is 9.82. The van der Waals surface area contributed by atoms with Gasteiger partial charge in [0.15, 0.2) is 5.82 Å². The standard InChI is InChI=1S/C14H21N5OS/c1-14(8-15)5-3-6-19(9-14)13-16-12(17-18-13)11-10(20-2)4-7-21-11/h4,7H,3,5-6,8-9,15H2,1-2H3,(H,16,17,18). The van der Waals surface area contributed by atoms with Crippen LogP contribution < -0.4 is 15.4 Å². The summed E-state index contributed by atoms with van der Waals surface area (Å²) in [4.78, 5) is 7.83. The fourth-order valence-corrected chi connectivity index (χ4v) is 3.58. The van der Waals surface area contributed by atoms with Crippen molar-refractivity contribution in [3.63, 3.8) is 0 Å². The van der Waals surface area contributed by atoms with E-state index in [4.69, 9.17) is 10.5 Å². The Morgan fingerprint density at radius 1 is 1.57 bits per heavy atom. The topological polar surface area (TPSA) is 80.1 Å². The first kappa shape index (κ1) is 14.3. The Morgan fingerprint density at radius 3 is 3.19 bits per heavy atom. The lowest BCUT2D eigenvalue weighted by molar-refractivity contribution is 0.270. The number of anilines is 1. The lowest BCUT2D eigenvalue weighted by Gasteiger charge is -2.39. The average Bonchev–Trinajstić information content (AvgIpc) is 3.15. The maximum atomic E-state index is 5.91. The van der Waals surface area contributed by atoms with Crippen molar-refractivity contribution in [2.45, 2.75) is 19.8 Å². The van der Waals surface area contributed by atoms with Crippen LogP contribution in [0.1, 0.15) is 19.8 Å². The third-order valence-corrected chi connectivity index (χ3v) is 5.00. The molecule has 6 nitrogen and oxygen atoms in total. The smallest absolute Gasteiger partial charge is 0.245 e. The zero-order chi connectivity index (χ0) is 14.9. The van der Waals surface area contributed by atoms with Gasteiger partial charge in [-0.1, -0.05) is 6.92 Å². The molecular formula is C14H21N5OS. The van der Waals surface area contributed by atoms with Gasteiger partial charge in [-0.05, 0) is 36.2 Å². The number of thiophene rings is 1. The predicted molar refractivity (Wildman–Crippen MR) is 84.9 cm³/mol. The van der Waals surface area contributed by atoms with Crippen molar-refractivity contribution in [1.29, 1.82) is 0 Å². The fourth-order valence-electron chi connectivity index (χ4n) is 2.78. The molecule has 1 aliphatic heterocycles. The second-order valence-corrected chi connectivity index (χ2v) is 6.76. The molecule has 114 valence electrons. The highest BCUT2D eigenvalue weighted by Gasteiger charge is 2.31. The minimum absolute atomic E-state index is 0.152. The van der Waals surface area contributed by atoms with Gasteiger partial charge in [-0.25, -0.2) is 0 Å². The van der Waals surface area contributed by atoms with Crippen LogP contribution in [0, 0.1) is 5.41 Å². The highest BCUT2D eigenvalue weighted by Crippen LogP contribution is 2.35.